The first-order valence-corrected chi connectivity index (χ1v) is 7.06. The second-order valence-electron chi connectivity index (χ2n) is 5.21. The number of ketones is 1. The normalized spacial score (nSPS) is 13.7. The van der Waals surface area contributed by atoms with E-state index in [1.165, 1.54) is 6.08 Å². The number of anilines is 1. The minimum atomic E-state index is -0.0900. The standard InChI is InChI=1S/C18H15NO3/c20-15-6-1-12(2-7-15)3-9-17(21)14-4-8-16-13(11-14)5-10-18(22)19-16/h1-4,6-9,11,20H,5,10H2,(H,19,22)/b9-3+. The Kier molecular flexibility index (Phi) is 3.74. The van der Waals surface area contributed by atoms with Gasteiger partial charge in [0, 0.05) is 17.7 Å². The summed E-state index contributed by atoms with van der Waals surface area (Å²) in [6.07, 6.45) is 4.33. The van der Waals surface area contributed by atoms with Crippen molar-refractivity contribution in [1.29, 1.82) is 0 Å². The van der Waals surface area contributed by atoms with Gasteiger partial charge >= 0.3 is 0 Å². The van der Waals surface area contributed by atoms with Gasteiger partial charge in [-0.15, -0.1) is 0 Å². The number of allylic oxidation sites excluding steroid dienone is 1. The second-order valence-corrected chi connectivity index (χ2v) is 5.21. The maximum absolute atomic E-state index is 12.2. The van der Waals surface area contributed by atoms with Gasteiger partial charge < -0.3 is 10.4 Å². The van der Waals surface area contributed by atoms with Gasteiger partial charge in [0.2, 0.25) is 5.91 Å². The Morgan fingerprint density at radius 2 is 1.86 bits per heavy atom. The highest BCUT2D eigenvalue weighted by Crippen LogP contribution is 2.24. The van der Waals surface area contributed by atoms with E-state index in [4.69, 9.17) is 0 Å². The van der Waals surface area contributed by atoms with Crippen LogP contribution >= 0.6 is 0 Å². The summed E-state index contributed by atoms with van der Waals surface area (Å²) in [7, 11) is 0. The van der Waals surface area contributed by atoms with Crippen LogP contribution in [0.15, 0.2) is 48.5 Å². The van der Waals surface area contributed by atoms with Crippen LogP contribution in [0.4, 0.5) is 5.69 Å². The number of carbonyl (C=O) groups is 2. The van der Waals surface area contributed by atoms with Crippen LogP contribution in [-0.4, -0.2) is 16.8 Å². The molecule has 0 unspecified atom stereocenters. The van der Waals surface area contributed by atoms with E-state index in [-0.39, 0.29) is 17.4 Å². The molecule has 1 aliphatic heterocycles. The number of amides is 1. The van der Waals surface area contributed by atoms with Gasteiger partial charge in [0.15, 0.2) is 5.78 Å². The van der Waals surface area contributed by atoms with Gasteiger partial charge in [0.1, 0.15) is 5.75 Å². The van der Waals surface area contributed by atoms with Crippen LogP contribution in [0.3, 0.4) is 0 Å². The molecule has 0 saturated carbocycles. The third kappa shape index (κ3) is 3.06. The average Bonchev–Trinajstić information content (AvgIpc) is 2.53. The fourth-order valence-corrected chi connectivity index (χ4v) is 2.39. The van der Waals surface area contributed by atoms with Crippen LogP contribution in [0.25, 0.3) is 6.08 Å². The van der Waals surface area contributed by atoms with E-state index in [0.717, 1.165) is 16.8 Å². The number of fused-ring (bicyclic) bond motifs is 1. The molecule has 4 heteroatoms. The third-order valence-electron chi connectivity index (χ3n) is 3.61. The van der Waals surface area contributed by atoms with E-state index in [1.807, 2.05) is 6.07 Å². The van der Waals surface area contributed by atoms with Crippen molar-refractivity contribution in [2.45, 2.75) is 12.8 Å². The molecule has 22 heavy (non-hydrogen) atoms. The van der Waals surface area contributed by atoms with Crippen LogP contribution < -0.4 is 5.32 Å². The number of hydrogen-bond acceptors (Lipinski definition) is 3. The number of phenols is 1. The van der Waals surface area contributed by atoms with Crippen LogP contribution in [-0.2, 0) is 11.2 Å². The molecule has 0 aromatic heterocycles. The van der Waals surface area contributed by atoms with Crippen molar-refractivity contribution in [2.75, 3.05) is 5.32 Å². The Bertz CT molecular complexity index is 760. The Morgan fingerprint density at radius 1 is 1.09 bits per heavy atom. The lowest BCUT2D eigenvalue weighted by Crippen LogP contribution is -2.19. The molecular weight excluding hydrogens is 278 g/mol. The lowest BCUT2D eigenvalue weighted by atomic mass is 9.98. The molecule has 1 amide bonds. The largest absolute Gasteiger partial charge is 0.508 e. The molecule has 1 aliphatic rings. The number of benzene rings is 2. The molecule has 3 rings (SSSR count). The molecule has 0 radical (unpaired) electrons. The minimum absolute atomic E-state index is 0.0128. The summed E-state index contributed by atoms with van der Waals surface area (Å²) in [5.41, 5.74) is 3.22. The van der Waals surface area contributed by atoms with Crippen LogP contribution in [0.5, 0.6) is 5.75 Å². The molecule has 2 aromatic carbocycles. The summed E-state index contributed by atoms with van der Waals surface area (Å²) in [6.45, 7) is 0. The maximum atomic E-state index is 12.2. The molecule has 0 saturated heterocycles. The van der Waals surface area contributed by atoms with E-state index in [0.29, 0.717) is 18.4 Å². The number of nitrogens with one attached hydrogen (secondary N) is 1. The van der Waals surface area contributed by atoms with Crippen molar-refractivity contribution in [3.63, 3.8) is 0 Å². The van der Waals surface area contributed by atoms with Crippen molar-refractivity contribution in [3.05, 3.63) is 65.2 Å². The second kappa shape index (κ2) is 5.85. The average molecular weight is 293 g/mol. The van der Waals surface area contributed by atoms with E-state index in [2.05, 4.69) is 5.32 Å². The van der Waals surface area contributed by atoms with Crippen molar-refractivity contribution >= 4 is 23.5 Å². The molecular formula is C18H15NO3. The van der Waals surface area contributed by atoms with Crippen LogP contribution in [0.2, 0.25) is 0 Å². The van der Waals surface area contributed by atoms with Crippen molar-refractivity contribution in [1.82, 2.24) is 0 Å². The quantitative estimate of drug-likeness (QED) is 0.674. The lowest BCUT2D eigenvalue weighted by Gasteiger charge is -2.16. The summed E-state index contributed by atoms with van der Waals surface area (Å²) < 4.78 is 0. The maximum Gasteiger partial charge on any atom is 0.224 e. The Hall–Kier alpha value is -2.88. The molecule has 0 spiro atoms. The van der Waals surface area contributed by atoms with E-state index in [9.17, 15) is 14.7 Å². The first kappa shape index (κ1) is 14.1. The topological polar surface area (TPSA) is 66.4 Å². The first-order valence-electron chi connectivity index (χ1n) is 7.06. The smallest absolute Gasteiger partial charge is 0.224 e. The number of rotatable bonds is 3. The predicted molar refractivity (Wildman–Crippen MR) is 84.9 cm³/mol. The third-order valence-corrected chi connectivity index (χ3v) is 3.61. The molecule has 0 fully saturated rings. The SMILES string of the molecule is O=C1CCc2cc(C(=O)/C=C/c3ccc(O)cc3)ccc2N1. The van der Waals surface area contributed by atoms with Gasteiger partial charge in [-0.2, -0.15) is 0 Å². The minimum Gasteiger partial charge on any atom is -0.508 e. The summed E-state index contributed by atoms with van der Waals surface area (Å²) >= 11 is 0. The molecule has 110 valence electrons. The van der Waals surface area contributed by atoms with Gasteiger partial charge in [-0.1, -0.05) is 18.2 Å². The van der Waals surface area contributed by atoms with E-state index in [1.54, 1.807) is 42.5 Å². The number of aromatic hydroxyl groups is 1. The van der Waals surface area contributed by atoms with E-state index < -0.39 is 0 Å². The van der Waals surface area contributed by atoms with Crippen LogP contribution in [0.1, 0.15) is 27.9 Å². The fraction of sp³-hybridized carbons (Fsp3) is 0.111. The van der Waals surface area contributed by atoms with Gasteiger partial charge in [-0.25, -0.2) is 0 Å². The summed E-state index contributed by atoms with van der Waals surface area (Å²) in [6, 6.07) is 11.9. The number of hydrogen-bond donors (Lipinski definition) is 2. The lowest BCUT2D eigenvalue weighted by molar-refractivity contribution is -0.116. The van der Waals surface area contributed by atoms with E-state index >= 15 is 0 Å². The molecule has 0 bridgehead atoms. The molecule has 4 nitrogen and oxygen atoms in total. The monoisotopic (exact) mass is 293 g/mol. The highest BCUT2D eigenvalue weighted by Gasteiger charge is 2.15. The van der Waals surface area contributed by atoms with Gasteiger partial charge in [0.05, 0.1) is 0 Å². The summed E-state index contributed by atoms with van der Waals surface area (Å²) in [4.78, 5) is 23.5. The Morgan fingerprint density at radius 3 is 2.64 bits per heavy atom. The predicted octanol–water partition coefficient (Wildman–Crippen LogP) is 3.17. The summed E-state index contributed by atoms with van der Waals surface area (Å²) in [5, 5.41) is 12.0. The summed E-state index contributed by atoms with van der Waals surface area (Å²) in [5.74, 6) is 0.117. The Labute approximate surface area is 128 Å². The van der Waals surface area contributed by atoms with Crippen molar-refractivity contribution in [2.24, 2.45) is 0 Å². The zero-order valence-electron chi connectivity index (χ0n) is 11.9. The number of phenolic OH excluding ortho intramolecular Hbond substituents is 1. The number of aryl methyl sites for hydroxylation is 1. The zero-order valence-corrected chi connectivity index (χ0v) is 11.9. The molecule has 0 atom stereocenters. The van der Waals surface area contributed by atoms with Crippen molar-refractivity contribution in [3.8, 4) is 5.75 Å². The van der Waals surface area contributed by atoms with Gasteiger partial charge in [0.25, 0.3) is 0 Å². The molecule has 2 aromatic rings. The van der Waals surface area contributed by atoms with Gasteiger partial charge in [-0.3, -0.25) is 9.59 Å². The Balaban J connectivity index is 1.78. The van der Waals surface area contributed by atoms with Crippen LogP contribution in [0, 0.1) is 0 Å². The molecule has 0 aliphatic carbocycles. The first-order chi connectivity index (χ1) is 10.6. The molecule has 2 N–H and O–H groups in total. The number of carbonyl (C=O) groups excluding carboxylic acids is 2. The van der Waals surface area contributed by atoms with Gasteiger partial charge in [-0.05, 0) is 54.0 Å². The molecule has 1 heterocycles. The highest BCUT2D eigenvalue weighted by molar-refractivity contribution is 6.07. The van der Waals surface area contributed by atoms with Crippen molar-refractivity contribution < 1.29 is 14.7 Å². The highest BCUT2D eigenvalue weighted by atomic mass is 16.3. The fourth-order valence-electron chi connectivity index (χ4n) is 2.39. The zero-order chi connectivity index (χ0) is 15.5.